The van der Waals surface area contributed by atoms with Crippen molar-refractivity contribution in [2.75, 3.05) is 18.5 Å². The van der Waals surface area contributed by atoms with E-state index in [-0.39, 0.29) is 17.2 Å². The predicted octanol–water partition coefficient (Wildman–Crippen LogP) is 6.98. The van der Waals surface area contributed by atoms with Crippen molar-refractivity contribution >= 4 is 21.7 Å². The zero-order valence-electron chi connectivity index (χ0n) is 26.3. The Hall–Kier alpha value is -5.94. The zero-order chi connectivity index (χ0) is 33.5. The second-order valence-electron chi connectivity index (χ2n) is 10.7. The van der Waals surface area contributed by atoms with Crippen molar-refractivity contribution in [3.8, 4) is 28.4 Å². The Kier molecular flexibility index (Phi) is 9.49. The summed E-state index contributed by atoms with van der Waals surface area (Å²) >= 11 is 0. The molecular weight excluding hydrogens is 628 g/mol. The van der Waals surface area contributed by atoms with Gasteiger partial charge in [-0.3, -0.25) is 4.31 Å². The van der Waals surface area contributed by atoms with Crippen molar-refractivity contribution in [2.24, 2.45) is 0 Å². The Morgan fingerprint density at radius 2 is 1.44 bits per heavy atom. The van der Waals surface area contributed by atoms with E-state index < -0.39 is 16.0 Å². The maximum absolute atomic E-state index is 14.7. The van der Waals surface area contributed by atoms with Crippen LogP contribution in [-0.2, 0) is 27.8 Å². The minimum Gasteiger partial charge on any atom is -0.495 e. The lowest BCUT2D eigenvalue weighted by atomic mass is 10.1. The minimum atomic E-state index is -4.25. The summed E-state index contributed by atoms with van der Waals surface area (Å²) in [6.07, 6.45) is 1.54. The van der Waals surface area contributed by atoms with Crippen LogP contribution in [0.5, 0.6) is 17.2 Å². The summed E-state index contributed by atoms with van der Waals surface area (Å²) in [4.78, 5) is 11.9. The number of anilines is 1. The Bertz CT molecular complexity index is 2100. The van der Waals surface area contributed by atoms with Gasteiger partial charge in [-0.25, -0.2) is 13.2 Å². The molecule has 0 N–H and O–H groups in total. The Labute approximate surface area is 278 Å². The molecule has 0 saturated heterocycles. The molecule has 0 aliphatic rings. The van der Waals surface area contributed by atoms with Crippen molar-refractivity contribution in [3.63, 3.8) is 0 Å². The summed E-state index contributed by atoms with van der Waals surface area (Å²) in [6.45, 7) is 0.203. The molecule has 0 unspecified atom stereocenters. The van der Waals surface area contributed by atoms with Gasteiger partial charge in [-0.15, -0.1) is 10.2 Å². The first kappa shape index (κ1) is 32.0. The number of hydrogen-bond acceptors (Lipinski definition) is 8. The van der Waals surface area contributed by atoms with Gasteiger partial charge in [0.1, 0.15) is 28.5 Å². The number of sulfonamides is 1. The fourth-order valence-electron chi connectivity index (χ4n) is 5.15. The molecular formula is C37H32N4O6S. The first-order chi connectivity index (χ1) is 23.4. The molecule has 6 aromatic rings. The summed E-state index contributed by atoms with van der Waals surface area (Å²) < 4.78 is 48.8. The third kappa shape index (κ3) is 7.06. The predicted molar refractivity (Wildman–Crippen MR) is 182 cm³/mol. The number of esters is 1. The number of rotatable bonds is 12. The molecule has 48 heavy (non-hydrogen) atoms. The van der Waals surface area contributed by atoms with E-state index in [1.807, 2.05) is 66.7 Å². The standard InChI is InChI=1S/C37H32N4O6S/c1-45-34-22-17-30(28-9-5-3-6-10-28)23-35(34)48(43,44)41(31-18-20-33(21-19-31)47-32-11-7-4-8-12-32)25-36-39-38-26-40(36)24-27-13-15-29(16-14-27)37(42)46-2/h3-23,26H,24-25H2,1-2H3. The SMILES string of the molecule is COC(=O)c1ccc(Cn2cnnc2CN(c2ccc(Oc3ccccc3)cc2)S(=O)(=O)c2cc(-c3ccccc3)ccc2OC)cc1. The van der Waals surface area contributed by atoms with Gasteiger partial charge in [0, 0.05) is 0 Å². The molecule has 0 radical (unpaired) electrons. The fourth-order valence-corrected chi connectivity index (χ4v) is 6.75. The molecule has 10 nitrogen and oxygen atoms in total. The Morgan fingerprint density at radius 3 is 2.10 bits per heavy atom. The number of nitrogens with zero attached hydrogens (tertiary/aromatic N) is 4. The van der Waals surface area contributed by atoms with Gasteiger partial charge < -0.3 is 18.8 Å². The lowest BCUT2D eigenvalue weighted by Gasteiger charge is -2.26. The monoisotopic (exact) mass is 660 g/mol. The molecule has 0 atom stereocenters. The summed E-state index contributed by atoms with van der Waals surface area (Å²) in [5.74, 6) is 1.38. The summed E-state index contributed by atoms with van der Waals surface area (Å²) in [5.41, 5.74) is 3.26. The molecule has 0 aliphatic heterocycles. The van der Waals surface area contributed by atoms with Crippen LogP contribution < -0.4 is 13.8 Å². The molecule has 0 aliphatic carbocycles. The van der Waals surface area contributed by atoms with Crippen LogP contribution in [0.3, 0.4) is 0 Å². The average Bonchev–Trinajstić information content (AvgIpc) is 3.57. The van der Waals surface area contributed by atoms with Crippen LogP contribution >= 0.6 is 0 Å². The smallest absolute Gasteiger partial charge is 0.337 e. The number of benzene rings is 5. The lowest BCUT2D eigenvalue weighted by molar-refractivity contribution is 0.0600. The molecule has 5 aromatic carbocycles. The van der Waals surface area contributed by atoms with E-state index in [4.69, 9.17) is 14.2 Å². The van der Waals surface area contributed by atoms with Crippen LogP contribution in [0, 0.1) is 0 Å². The third-order valence-electron chi connectivity index (χ3n) is 7.65. The van der Waals surface area contributed by atoms with E-state index in [2.05, 4.69) is 10.2 Å². The quantitative estimate of drug-likeness (QED) is 0.129. The Balaban J connectivity index is 1.38. The van der Waals surface area contributed by atoms with E-state index in [1.54, 1.807) is 71.6 Å². The highest BCUT2D eigenvalue weighted by Gasteiger charge is 2.30. The first-order valence-electron chi connectivity index (χ1n) is 15.0. The summed E-state index contributed by atoms with van der Waals surface area (Å²) in [5, 5.41) is 8.40. The second kappa shape index (κ2) is 14.2. The van der Waals surface area contributed by atoms with Crippen molar-refractivity contribution in [1.29, 1.82) is 0 Å². The normalized spacial score (nSPS) is 11.1. The van der Waals surface area contributed by atoms with Crippen molar-refractivity contribution in [1.82, 2.24) is 14.8 Å². The van der Waals surface area contributed by atoms with Gasteiger partial charge in [0.2, 0.25) is 0 Å². The maximum Gasteiger partial charge on any atom is 0.337 e. The molecule has 0 spiro atoms. The number of aromatic nitrogens is 3. The highest BCUT2D eigenvalue weighted by atomic mass is 32.2. The van der Waals surface area contributed by atoms with Crippen LogP contribution in [0.15, 0.2) is 139 Å². The minimum absolute atomic E-state index is 0.000398. The summed E-state index contributed by atoms with van der Waals surface area (Å²) in [6, 6.07) is 37.7. The molecule has 0 fully saturated rings. The third-order valence-corrected chi connectivity index (χ3v) is 9.45. The van der Waals surface area contributed by atoms with Crippen molar-refractivity contribution in [2.45, 2.75) is 18.0 Å². The van der Waals surface area contributed by atoms with Gasteiger partial charge in [-0.2, -0.15) is 0 Å². The van der Waals surface area contributed by atoms with E-state index >= 15 is 0 Å². The molecule has 0 bridgehead atoms. The van der Waals surface area contributed by atoms with Gasteiger partial charge in [-0.05, 0) is 77.4 Å². The van der Waals surface area contributed by atoms with Gasteiger partial charge in [0.15, 0.2) is 5.82 Å². The van der Waals surface area contributed by atoms with Crippen LogP contribution in [0.25, 0.3) is 11.1 Å². The van der Waals surface area contributed by atoms with Crippen LogP contribution in [-0.4, -0.2) is 43.4 Å². The van der Waals surface area contributed by atoms with Crippen LogP contribution in [0.2, 0.25) is 0 Å². The van der Waals surface area contributed by atoms with Crippen molar-refractivity contribution < 1.29 is 27.4 Å². The topological polar surface area (TPSA) is 113 Å². The first-order valence-corrected chi connectivity index (χ1v) is 16.4. The molecule has 242 valence electrons. The molecule has 0 amide bonds. The number of carbonyl (C=O) groups is 1. The number of hydrogen-bond donors (Lipinski definition) is 0. The van der Waals surface area contributed by atoms with Crippen LogP contribution in [0.1, 0.15) is 21.7 Å². The van der Waals surface area contributed by atoms with Gasteiger partial charge in [0.25, 0.3) is 10.0 Å². The van der Waals surface area contributed by atoms with E-state index in [9.17, 15) is 13.2 Å². The van der Waals surface area contributed by atoms with E-state index in [0.29, 0.717) is 35.1 Å². The molecule has 0 saturated carbocycles. The molecule has 1 aromatic heterocycles. The number of para-hydroxylation sites is 1. The largest absolute Gasteiger partial charge is 0.495 e. The van der Waals surface area contributed by atoms with E-state index in [0.717, 1.165) is 16.7 Å². The van der Waals surface area contributed by atoms with Crippen molar-refractivity contribution in [3.05, 3.63) is 151 Å². The Morgan fingerprint density at radius 1 is 0.771 bits per heavy atom. The van der Waals surface area contributed by atoms with Crippen LogP contribution in [0.4, 0.5) is 5.69 Å². The summed E-state index contributed by atoms with van der Waals surface area (Å²) in [7, 11) is -1.47. The molecule has 6 rings (SSSR count). The average molecular weight is 661 g/mol. The molecule has 1 heterocycles. The zero-order valence-corrected chi connectivity index (χ0v) is 27.1. The van der Waals surface area contributed by atoms with Gasteiger partial charge in [-0.1, -0.05) is 66.7 Å². The number of carbonyl (C=O) groups excluding carboxylic acids is 1. The second-order valence-corrected chi connectivity index (χ2v) is 12.5. The van der Waals surface area contributed by atoms with Gasteiger partial charge in [0.05, 0.1) is 38.6 Å². The van der Waals surface area contributed by atoms with E-state index in [1.165, 1.54) is 18.5 Å². The highest BCUT2D eigenvalue weighted by Crippen LogP contribution is 2.35. The lowest BCUT2D eigenvalue weighted by Crippen LogP contribution is -2.32. The number of methoxy groups -OCH3 is 2. The number of ether oxygens (including phenoxy) is 3. The fraction of sp³-hybridized carbons (Fsp3) is 0.108. The maximum atomic E-state index is 14.7. The molecule has 11 heteroatoms. The highest BCUT2D eigenvalue weighted by molar-refractivity contribution is 7.93. The van der Waals surface area contributed by atoms with Gasteiger partial charge >= 0.3 is 5.97 Å².